The highest BCUT2D eigenvalue weighted by Gasteiger charge is 2.09. The number of hydrogen-bond acceptors (Lipinski definition) is 6. The molecule has 3 aromatic rings. The van der Waals surface area contributed by atoms with Crippen molar-refractivity contribution >= 4 is 23.1 Å². The summed E-state index contributed by atoms with van der Waals surface area (Å²) < 4.78 is 23.9. The summed E-state index contributed by atoms with van der Waals surface area (Å²) in [5, 5.41) is 3.54. The summed E-state index contributed by atoms with van der Waals surface area (Å²) in [6.45, 7) is 4.20. The highest BCUT2D eigenvalue weighted by molar-refractivity contribution is 7.98. The van der Waals surface area contributed by atoms with Gasteiger partial charge >= 0.3 is 0 Å². The first kappa shape index (κ1) is 16.0. The van der Waals surface area contributed by atoms with Crippen LogP contribution in [0.2, 0.25) is 0 Å². The first-order valence-corrected chi connectivity index (χ1v) is 8.85. The Kier molecular flexibility index (Phi) is 4.97. The van der Waals surface area contributed by atoms with Gasteiger partial charge in [0.25, 0.3) is 5.22 Å². The first-order chi connectivity index (χ1) is 11.1. The zero-order chi connectivity index (χ0) is 16.2. The molecule has 0 spiro atoms. The van der Waals surface area contributed by atoms with Crippen molar-refractivity contribution in [3.05, 3.63) is 57.6 Å². The van der Waals surface area contributed by atoms with Crippen molar-refractivity contribution in [2.24, 2.45) is 0 Å². The van der Waals surface area contributed by atoms with Crippen molar-refractivity contribution in [2.75, 3.05) is 0 Å². The van der Waals surface area contributed by atoms with Crippen LogP contribution in [0.15, 0.2) is 39.3 Å². The van der Waals surface area contributed by atoms with Crippen molar-refractivity contribution in [1.82, 2.24) is 9.97 Å². The van der Waals surface area contributed by atoms with Crippen molar-refractivity contribution < 1.29 is 13.5 Å². The van der Waals surface area contributed by atoms with Crippen molar-refractivity contribution in [1.29, 1.82) is 0 Å². The molecule has 7 heteroatoms. The van der Waals surface area contributed by atoms with Gasteiger partial charge in [-0.05, 0) is 38.1 Å². The summed E-state index contributed by atoms with van der Waals surface area (Å²) in [4.78, 5) is 8.85. The van der Waals surface area contributed by atoms with Crippen molar-refractivity contribution in [3.63, 3.8) is 0 Å². The molecule has 0 fully saturated rings. The third kappa shape index (κ3) is 4.33. The number of thiazole rings is 1. The molecule has 0 aliphatic carbocycles. The number of hydrogen-bond donors (Lipinski definition) is 0. The summed E-state index contributed by atoms with van der Waals surface area (Å²) >= 11 is 3.06. The average molecular weight is 350 g/mol. The van der Waals surface area contributed by atoms with Crippen molar-refractivity contribution in [2.45, 2.75) is 31.4 Å². The molecule has 0 radical (unpaired) electrons. The Bertz CT molecular complexity index is 764. The number of rotatable bonds is 6. The van der Waals surface area contributed by atoms with Gasteiger partial charge in [0.1, 0.15) is 28.9 Å². The Morgan fingerprint density at radius 3 is 2.70 bits per heavy atom. The van der Waals surface area contributed by atoms with Gasteiger partial charge in [0.2, 0.25) is 0 Å². The lowest BCUT2D eigenvalue weighted by Crippen LogP contribution is -1.95. The number of ether oxygens (including phenoxy) is 1. The summed E-state index contributed by atoms with van der Waals surface area (Å²) in [6.07, 6.45) is 0. The topological polar surface area (TPSA) is 48.2 Å². The molecule has 0 atom stereocenters. The number of nitrogens with zero attached hydrogens (tertiary/aromatic N) is 2. The minimum Gasteiger partial charge on any atom is -0.486 e. The Morgan fingerprint density at radius 1 is 1.22 bits per heavy atom. The molecule has 0 saturated heterocycles. The lowest BCUT2D eigenvalue weighted by atomic mass is 10.3. The highest BCUT2D eigenvalue weighted by atomic mass is 32.2. The van der Waals surface area contributed by atoms with Crippen LogP contribution in [0, 0.1) is 19.7 Å². The monoisotopic (exact) mass is 350 g/mol. The molecule has 0 saturated carbocycles. The first-order valence-electron chi connectivity index (χ1n) is 6.98. The second-order valence-corrected chi connectivity index (χ2v) is 6.75. The number of halogens is 1. The molecule has 0 amide bonds. The standard InChI is InChI=1S/C16H15FN2O2S2/c1-10-11(2)21-16(18-10)23-9-13-8-22-15(19-13)7-20-14-5-3-12(17)4-6-14/h3-6,8H,7,9H2,1-2H3. The molecule has 2 heterocycles. The van der Waals surface area contributed by atoms with Gasteiger partial charge in [0.15, 0.2) is 0 Å². The molecule has 4 nitrogen and oxygen atoms in total. The van der Waals surface area contributed by atoms with E-state index in [1.54, 1.807) is 23.5 Å². The van der Waals surface area contributed by atoms with Gasteiger partial charge in [-0.3, -0.25) is 0 Å². The summed E-state index contributed by atoms with van der Waals surface area (Å²) in [7, 11) is 0. The Hall–Kier alpha value is -1.86. The van der Waals surface area contributed by atoms with Crippen molar-refractivity contribution in [3.8, 4) is 5.75 Å². The van der Waals surface area contributed by atoms with E-state index in [9.17, 15) is 4.39 Å². The van der Waals surface area contributed by atoms with E-state index in [-0.39, 0.29) is 5.82 Å². The van der Waals surface area contributed by atoms with E-state index in [1.807, 2.05) is 19.2 Å². The maximum absolute atomic E-state index is 12.8. The average Bonchev–Trinajstić information content (AvgIpc) is 3.12. The Balaban J connectivity index is 1.52. The smallest absolute Gasteiger partial charge is 0.256 e. The summed E-state index contributed by atoms with van der Waals surface area (Å²) in [5.41, 5.74) is 1.88. The number of thioether (sulfide) groups is 1. The molecule has 120 valence electrons. The van der Waals surface area contributed by atoms with Crippen LogP contribution < -0.4 is 4.74 Å². The van der Waals surface area contributed by atoms with Crippen LogP contribution in [0.25, 0.3) is 0 Å². The third-order valence-corrected chi connectivity index (χ3v) is 4.86. The molecular weight excluding hydrogens is 335 g/mol. The van der Waals surface area contributed by atoms with Gasteiger partial charge in [-0.25, -0.2) is 14.4 Å². The Morgan fingerprint density at radius 2 is 2.00 bits per heavy atom. The predicted octanol–water partition coefficient (Wildman–Crippen LogP) is 4.76. The number of oxazole rings is 1. The molecule has 0 bridgehead atoms. The van der Waals surface area contributed by atoms with E-state index in [0.717, 1.165) is 22.2 Å². The Labute approximate surface area is 141 Å². The van der Waals surface area contributed by atoms with Crippen LogP contribution in [0.1, 0.15) is 22.2 Å². The second kappa shape index (κ2) is 7.14. The molecule has 2 aromatic heterocycles. The van der Waals surface area contributed by atoms with Gasteiger partial charge in [0, 0.05) is 11.1 Å². The number of aromatic nitrogens is 2. The fourth-order valence-electron chi connectivity index (χ4n) is 1.80. The lowest BCUT2D eigenvalue weighted by Gasteiger charge is -2.03. The van der Waals surface area contributed by atoms with Crippen LogP contribution in [-0.2, 0) is 12.4 Å². The van der Waals surface area contributed by atoms with Gasteiger partial charge in [-0.2, -0.15) is 0 Å². The van der Waals surface area contributed by atoms with Crippen LogP contribution in [-0.4, -0.2) is 9.97 Å². The second-order valence-electron chi connectivity index (χ2n) is 4.89. The highest BCUT2D eigenvalue weighted by Crippen LogP contribution is 2.25. The largest absolute Gasteiger partial charge is 0.486 e. The van der Waals surface area contributed by atoms with E-state index in [4.69, 9.17) is 9.15 Å². The normalized spacial score (nSPS) is 10.9. The lowest BCUT2D eigenvalue weighted by molar-refractivity contribution is 0.305. The van der Waals surface area contributed by atoms with Crippen LogP contribution >= 0.6 is 23.1 Å². The molecule has 23 heavy (non-hydrogen) atoms. The fourth-order valence-corrected chi connectivity index (χ4v) is 3.41. The third-order valence-electron chi connectivity index (χ3n) is 3.13. The quantitative estimate of drug-likeness (QED) is 0.600. The van der Waals surface area contributed by atoms with E-state index < -0.39 is 0 Å². The van der Waals surface area contributed by atoms with Gasteiger partial charge in [-0.1, -0.05) is 11.8 Å². The van der Waals surface area contributed by atoms with Gasteiger partial charge in [0.05, 0.1) is 11.4 Å². The maximum Gasteiger partial charge on any atom is 0.256 e. The molecular formula is C16H15FN2O2S2. The minimum atomic E-state index is -0.275. The molecule has 1 aromatic carbocycles. The van der Waals surface area contributed by atoms with Gasteiger partial charge in [-0.15, -0.1) is 11.3 Å². The number of benzene rings is 1. The molecule has 3 rings (SSSR count). The zero-order valence-electron chi connectivity index (χ0n) is 12.7. The van der Waals surface area contributed by atoms with E-state index in [0.29, 0.717) is 23.3 Å². The van der Waals surface area contributed by atoms with E-state index >= 15 is 0 Å². The summed E-state index contributed by atoms with van der Waals surface area (Å²) in [5.74, 6) is 1.90. The van der Waals surface area contributed by atoms with E-state index in [2.05, 4.69) is 9.97 Å². The predicted molar refractivity (Wildman–Crippen MR) is 88.4 cm³/mol. The SMILES string of the molecule is Cc1nc(SCc2csc(COc3ccc(F)cc3)n2)oc1C. The summed E-state index contributed by atoms with van der Waals surface area (Å²) in [6, 6.07) is 5.96. The molecule has 0 aliphatic rings. The zero-order valence-corrected chi connectivity index (χ0v) is 14.3. The molecule has 0 N–H and O–H groups in total. The van der Waals surface area contributed by atoms with Crippen LogP contribution in [0.5, 0.6) is 5.75 Å². The van der Waals surface area contributed by atoms with Crippen LogP contribution in [0.3, 0.4) is 0 Å². The van der Waals surface area contributed by atoms with Gasteiger partial charge < -0.3 is 9.15 Å². The molecule has 0 aliphatic heterocycles. The molecule has 0 unspecified atom stereocenters. The minimum absolute atomic E-state index is 0.275. The van der Waals surface area contributed by atoms with Crippen LogP contribution in [0.4, 0.5) is 4.39 Å². The fraction of sp³-hybridized carbons (Fsp3) is 0.250. The van der Waals surface area contributed by atoms with E-state index in [1.165, 1.54) is 23.9 Å². The number of aryl methyl sites for hydroxylation is 2. The maximum atomic E-state index is 12.8.